The van der Waals surface area contributed by atoms with Gasteiger partial charge in [-0.3, -0.25) is 0 Å². The van der Waals surface area contributed by atoms with Crippen LogP contribution in [-0.4, -0.2) is 36.2 Å². The molecule has 0 saturated carbocycles. The van der Waals surface area contributed by atoms with Gasteiger partial charge in [-0.25, -0.2) is 10.0 Å². The van der Waals surface area contributed by atoms with E-state index in [4.69, 9.17) is 11.6 Å². The number of allylic oxidation sites excluding steroid dienone is 1. The molecule has 0 spiro atoms. The average molecular weight is 191 g/mol. The summed E-state index contributed by atoms with van der Waals surface area (Å²) in [6, 6.07) is 0. The summed E-state index contributed by atoms with van der Waals surface area (Å²) in [6.45, 7) is 7.17. The van der Waals surface area contributed by atoms with Gasteiger partial charge in [0.2, 0.25) is 0 Å². The van der Waals surface area contributed by atoms with Crippen LogP contribution in [0.1, 0.15) is 20.8 Å². The molecule has 1 unspecified atom stereocenters. The second-order valence-corrected chi connectivity index (χ2v) is 3.61. The number of alkyl halides is 1. The lowest BCUT2D eigenvalue weighted by molar-refractivity contribution is 0.0321. The fourth-order valence-electron chi connectivity index (χ4n) is 0.794. The van der Waals surface area contributed by atoms with E-state index in [1.807, 2.05) is 25.2 Å². The van der Waals surface area contributed by atoms with Crippen molar-refractivity contribution in [2.24, 2.45) is 0 Å². The van der Waals surface area contributed by atoms with Crippen molar-refractivity contribution in [2.75, 3.05) is 20.6 Å². The third kappa shape index (κ3) is 4.10. The van der Waals surface area contributed by atoms with Crippen LogP contribution in [-0.2, 0) is 0 Å². The van der Waals surface area contributed by atoms with E-state index in [1.54, 1.807) is 0 Å². The first-order valence-corrected chi connectivity index (χ1v) is 4.65. The Morgan fingerprint density at radius 1 is 1.42 bits per heavy atom. The molecule has 1 atom stereocenters. The van der Waals surface area contributed by atoms with E-state index in [1.165, 1.54) is 5.57 Å². The van der Waals surface area contributed by atoms with Gasteiger partial charge in [0, 0.05) is 20.6 Å². The molecule has 12 heavy (non-hydrogen) atoms. The van der Waals surface area contributed by atoms with Crippen LogP contribution in [0.3, 0.4) is 0 Å². The van der Waals surface area contributed by atoms with Gasteiger partial charge in [-0.1, -0.05) is 30.2 Å². The zero-order valence-electron chi connectivity index (χ0n) is 8.63. The number of nitrogens with zero attached hydrogens (tertiary/aromatic N) is 2. The fraction of sp³-hybridized carbons (Fsp3) is 0.778. The Hall–Kier alpha value is -0.0500. The van der Waals surface area contributed by atoms with Gasteiger partial charge in [-0.2, -0.15) is 0 Å². The topological polar surface area (TPSA) is 6.48 Å². The Morgan fingerprint density at radius 2 is 1.92 bits per heavy atom. The Bertz CT molecular complexity index is 153. The van der Waals surface area contributed by atoms with Crippen molar-refractivity contribution in [3.8, 4) is 0 Å². The Balaban J connectivity index is 4.09. The van der Waals surface area contributed by atoms with E-state index in [2.05, 4.69) is 25.8 Å². The van der Waals surface area contributed by atoms with Crippen molar-refractivity contribution in [1.82, 2.24) is 10.0 Å². The third-order valence-electron chi connectivity index (χ3n) is 1.82. The Labute approximate surface area is 80.8 Å². The number of likely N-dealkylation sites (N-methyl/N-ethyl adjacent to an activating group) is 1. The Morgan fingerprint density at radius 3 is 2.25 bits per heavy atom. The number of hydrogen-bond donors (Lipinski definition) is 0. The van der Waals surface area contributed by atoms with E-state index in [0.29, 0.717) is 0 Å². The molecule has 3 heteroatoms. The monoisotopic (exact) mass is 190 g/mol. The summed E-state index contributed by atoms with van der Waals surface area (Å²) >= 11 is 6.11. The molecule has 0 saturated heterocycles. The van der Waals surface area contributed by atoms with E-state index in [0.717, 1.165) is 6.54 Å². The molecule has 0 aliphatic carbocycles. The first-order valence-electron chi connectivity index (χ1n) is 4.22. The van der Waals surface area contributed by atoms with Crippen molar-refractivity contribution in [3.63, 3.8) is 0 Å². The molecule has 0 N–H and O–H groups in total. The highest BCUT2D eigenvalue weighted by atomic mass is 35.5. The largest absolute Gasteiger partial charge is 0.244 e. The van der Waals surface area contributed by atoms with Gasteiger partial charge in [0.15, 0.2) is 0 Å². The molecule has 0 aliphatic rings. The maximum Gasteiger partial charge on any atom is 0.116 e. The highest BCUT2D eigenvalue weighted by molar-refractivity contribution is 6.21. The highest BCUT2D eigenvalue weighted by Gasteiger charge is 2.11. The molecule has 0 aromatic rings. The standard InChI is InChI=1S/C9H19ClN2/c1-6-11(4)12(5)9(10)7-8(2)3/h7,9H,6H2,1-5H3. The van der Waals surface area contributed by atoms with Crippen LogP contribution in [0.15, 0.2) is 11.6 Å². The second kappa shape index (κ2) is 5.57. The number of rotatable bonds is 4. The maximum atomic E-state index is 6.11. The van der Waals surface area contributed by atoms with Crippen molar-refractivity contribution in [2.45, 2.75) is 26.3 Å². The lowest BCUT2D eigenvalue weighted by Crippen LogP contribution is -2.40. The minimum Gasteiger partial charge on any atom is -0.244 e. The minimum absolute atomic E-state index is 0.0417. The Kier molecular flexibility index (Phi) is 5.55. The van der Waals surface area contributed by atoms with Gasteiger partial charge in [0.05, 0.1) is 0 Å². The fourth-order valence-corrected chi connectivity index (χ4v) is 1.20. The van der Waals surface area contributed by atoms with Crippen molar-refractivity contribution >= 4 is 11.6 Å². The zero-order chi connectivity index (χ0) is 9.72. The predicted octanol–water partition coefficient (Wildman–Crippen LogP) is 2.32. The summed E-state index contributed by atoms with van der Waals surface area (Å²) in [5.74, 6) is 0. The maximum absolute atomic E-state index is 6.11. The van der Waals surface area contributed by atoms with Gasteiger partial charge < -0.3 is 0 Å². The van der Waals surface area contributed by atoms with Gasteiger partial charge in [-0.05, 0) is 13.8 Å². The molecule has 0 aliphatic heterocycles. The van der Waals surface area contributed by atoms with Crippen molar-refractivity contribution in [1.29, 1.82) is 0 Å². The molecule has 0 radical (unpaired) electrons. The summed E-state index contributed by atoms with van der Waals surface area (Å²) in [5.41, 5.74) is 1.20. The summed E-state index contributed by atoms with van der Waals surface area (Å²) in [4.78, 5) is 0. The van der Waals surface area contributed by atoms with Gasteiger partial charge in [-0.15, -0.1) is 0 Å². The van der Waals surface area contributed by atoms with E-state index >= 15 is 0 Å². The second-order valence-electron chi connectivity index (χ2n) is 3.16. The van der Waals surface area contributed by atoms with Crippen LogP contribution in [0, 0.1) is 0 Å². The van der Waals surface area contributed by atoms with Crippen molar-refractivity contribution in [3.05, 3.63) is 11.6 Å². The molecule has 0 rings (SSSR count). The number of hydrazine groups is 1. The molecule has 0 heterocycles. The predicted molar refractivity (Wildman–Crippen MR) is 55.1 cm³/mol. The minimum atomic E-state index is -0.0417. The van der Waals surface area contributed by atoms with Crippen LogP contribution in [0.25, 0.3) is 0 Å². The van der Waals surface area contributed by atoms with E-state index < -0.39 is 0 Å². The molecule has 0 bridgehead atoms. The molecule has 0 aromatic heterocycles. The third-order valence-corrected chi connectivity index (χ3v) is 2.23. The molecule has 72 valence electrons. The van der Waals surface area contributed by atoms with Crippen LogP contribution >= 0.6 is 11.6 Å². The number of halogens is 1. The van der Waals surface area contributed by atoms with Gasteiger partial charge in [0.25, 0.3) is 0 Å². The summed E-state index contributed by atoms with van der Waals surface area (Å²) in [6.07, 6.45) is 2.04. The van der Waals surface area contributed by atoms with Crippen LogP contribution in [0.5, 0.6) is 0 Å². The molecular weight excluding hydrogens is 172 g/mol. The number of hydrogen-bond acceptors (Lipinski definition) is 2. The highest BCUT2D eigenvalue weighted by Crippen LogP contribution is 2.08. The van der Waals surface area contributed by atoms with Gasteiger partial charge in [0.1, 0.15) is 5.50 Å². The SMILES string of the molecule is CCN(C)N(C)C(Cl)C=C(C)C. The van der Waals surface area contributed by atoms with Crippen LogP contribution < -0.4 is 0 Å². The first-order chi connectivity index (χ1) is 5.49. The average Bonchev–Trinajstić information content (AvgIpc) is 2.00. The summed E-state index contributed by atoms with van der Waals surface area (Å²) in [7, 11) is 4.01. The van der Waals surface area contributed by atoms with Crippen LogP contribution in [0.2, 0.25) is 0 Å². The summed E-state index contributed by atoms with van der Waals surface area (Å²) < 4.78 is 0. The smallest absolute Gasteiger partial charge is 0.116 e. The molecule has 2 nitrogen and oxygen atoms in total. The molecule has 0 aromatic carbocycles. The zero-order valence-corrected chi connectivity index (χ0v) is 9.39. The quantitative estimate of drug-likeness (QED) is 0.291. The summed E-state index contributed by atoms with van der Waals surface area (Å²) in [5, 5.41) is 4.09. The molecule has 0 fully saturated rings. The van der Waals surface area contributed by atoms with E-state index in [-0.39, 0.29) is 5.50 Å². The van der Waals surface area contributed by atoms with E-state index in [9.17, 15) is 0 Å². The molecule has 0 amide bonds. The first kappa shape index (κ1) is 11.9. The molecular formula is C9H19ClN2. The van der Waals surface area contributed by atoms with Gasteiger partial charge >= 0.3 is 0 Å². The lowest BCUT2D eigenvalue weighted by Gasteiger charge is -2.29. The van der Waals surface area contributed by atoms with Crippen LogP contribution in [0.4, 0.5) is 0 Å². The lowest BCUT2D eigenvalue weighted by atomic mass is 10.3. The van der Waals surface area contributed by atoms with Crippen molar-refractivity contribution < 1.29 is 0 Å². The normalized spacial score (nSPS) is 13.7.